The lowest BCUT2D eigenvalue weighted by atomic mass is 9.96. The largest absolute Gasteiger partial charge is 0.508 e. The molecule has 0 radical (unpaired) electrons. The number of thioether (sulfide) groups is 1. The SMILES string of the molecule is C[C@@H](O)[C@@H]1NC(=O)[C@H](CSCC(N)=O)NC(=O)C[C@@H](C(=O)N[C@@H](Cc2ccc(O)cc2)C(=O)NC(Cc2ccc(O)cc2)C(=O)N[C@@H](CCCN=C(N)N)C(=O)NCC(=O)NCC=O)NN[C@@H](CCCN=C(N)N)C(=O)C(=O)[C@H]([C@@H](C)O)NC(=O)[C@H]([C@@H](C)O)NC1=O. The number of phenols is 2. The Morgan fingerprint density at radius 3 is 1.60 bits per heavy atom. The molecule has 26 N–H and O–H groups in total. The van der Waals surface area contributed by atoms with Crippen LogP contribution in [0.4, 0.5) is 0 Å². The highest BCUT2D eigenvalue weighted by atomic mass is 32.2. The van der Waals surface area contributed by atoms with Crippen molar-refractivity contribution in [3.63, 3.8) is 0 Å². The number of benzene rings is 2. The van der Waals surface area contributed by atoms with Crippen LogP contribution in [0.1, 0.15) is 64.0 Å². The molecule has 1 aliphatic rings. The lowest BCUT2D eigenvalue weighted by Gasteiger charge is -2.29. The minimum absolute atomic E-state index is 0.0267. The molecule has 506 valence electrons. The maximum Gasteiger partial charge on any atom is 0.245 e. The van der Waals surface area contributed by atoms with Crippen LogP contribution in [0.25, 0.3) is 0 Å². The summed E-state index contributed by atoms with van der Waals surface area (Å²) < 4.78 is 0. The van der Waals surface area contributed by atoms with Crippen molar-refractivity contribution in [3.05, 3.63) is 59.7 Å². The summed E-state index contributed by atoms with van der Waals surface area (Å²) in [5.41, 5.74) is 33.0. The van der Waals surface area contributed by atoms with Gasteiger partial charge in [-0.05, 0) is 81.8 Å². The highest BCUT2D eigenvalue weighted by molar-refractivity contribution is 8.00. The van der Waals surface area contributed by atoms with Crippen LogP contribution in [0.3, 0.4) is 0 Å². The van der Waals surface area contributed by atoms with E-state index in [1.54, 1.807) is 0 Å². The Morgan fingerprint density at radius 1 is 0.609 bits per heavy atom. The number of carbonyl (C=O) groups excluding carboxylic acids is 13. The molecule has 1 fully saturated rings. The number of aliphatic hydroxyl groups excluding tert-OH is 3. The number of aromatic hydroxyl groups is 2. The molecule has 0 spiro atoms. The highest BCUT2D eigenvalue weighted by Crippen LogP contribution is 2.16. The minimum Gasteiger partial charge on any atom is -0.508 e. The molecule has 2 aromatic rings. The lowest BCUT2D eigenvalue weighted by molar-refractivity contribution is -0.143. The van der Waals surface area contributed by atoms with Gasteiger partial charge in [0.2, 0.25) is 70.6 Å². The Kier molecular flexibility index (Phi) is 32.4. The van der Waals surface area contributed by atoms with E-state index in [1.165, 1.54) is 48.5 Å². The third kappa shape index (κ3) is 27.3. The van der Waals surface area contributed by atoms with Crippen molar-refractivity contribution in [3.8, 4) is 11.5 Å². The molecular formula is C55H82N18O18S. The molecule has 37 heteroatoms. The number of hydrogen-bond donors (Lipinski definition) is 21. The van der Waals surface area contributed by atoms with Gasteiger partial charge in [0.15, 0.2) is 11.9 Å². The first kappa shape index (κ1) is 76.7. The van der Waals surface area contributed by atoms with Crippen LogP contribution in [0.2, 0.25) is 0 Å². The van der Waals surface area contributed by atoms with E-state index in [1.807, 2.05) is 0 Å². The quantitative estimate of drug-likeness (QED) is 0.0114. The monoisotopic (exact) mass is 1310 g/mol. The van der Waals surface area contributed by atoms with Crippen LogP contribution < -0.4 is 87.4 Å². The zero-order valence-electron chi connectivity index (χ0n) is 50.5. The van der Waals surface area contributed by atoms with Gasteiger partial charge in [-0.2, -0.15) is 0 Å². The van der Waals surface area contributed by atoms with Gasteiger partial charge >= 0.3 is 0 Å². The first-order chi connectivity index (χ1) is 43.4. The van der Waals surface area contributed by atoms with Gasteiger partial charge in [0.1, 0.15) is 66.1 Å². The van der Waals surface area contributed by atoms with Crippen molar-refractivity contribution in [2.75, 3.05) is 37.7 Å². The fourth-order valence-corrected chi connectivity index (χ4v) is 9.40. The molecule has 1 saturated heterocycles. The minimum atomic E-state index is -2.11. The average Bonchev–Trinajstić information content (AvgIpc) is 1.36. The average molecular weight is 1320 g/mol. The normalized spacial score (nSPS) is 20.5. The van der Waals surface area contributed by atoms with Gasteiger partial charge in [-0.25, -0.2) is 10.9 Å². The molecule has 1 aliphatic heterocycles. The number of hydrazine groups is 1. The number of Topliss-reactive ketones (excluding diaryl/α,β-unsaturated/α-hetero) is 2. The second kappa shape index (κ2) is 38.9. The zero-order chi connectivity index (χ0) is 68.8. The van der Waals surface area contributed by atoms with Gasteiger partial charge in [0, 0.05) is 31.7 Å². The summed E-state index contributed by atoms with van der Waals surface area (Å²) in [4.78, 5) is 186. The van der Waals surface area contributed by atoms with Gasteiger partial charge < -0.3 is 107 Å². The van der Waals surface area contributed by atoms with E-state index in [4.69, 9.17) is 28.7 Å². The number of aliphatic hydroxyl groups is 3. The van der Waals surface area contributed by atoms with E-state index >= 15 is 4.79 Å². The van der Waals surface area contributed by atoms with Gasteiger partial charge in [-0.3, -0.25) is 67.5 Å². The summed E-state index contributed by atoms with van der Waals surface area (Å²) >= 11 is 0.727. The van der Waals surface area contributed by atoms with Crippen molar-refractivity contribution in [2.45, 2.75) is 138 Å². The van der Waals surface area contributed by atoms with Crippen LogP contribution >= 0.6 is 11.8 Å². The number of phenolic OH excluding ortho intramolecular Hbond substituents is 2. The number of rotatable bonds is 30. The molecule has 36 nitrogen and oxygen atoms in total. The standard InChI is InChI=1S/C55H82N18O18S/c1-26(75)42-46(84)45(83)33(6-4-16-62-54(57)58)72-73-37(22-40(81)65-38(24-92-25-39(56)80)51(89)70-43(27(2)76)53(91)71-44(28(3)77)52(90)69-42)50(88)68-36(21-30-10-14-32(79)15-11-30)49(87)67-35(20-29-8-12-31(78)13-9-29)48(86)66-34(7-5-17-63-55(59)60)47(85)64-23-41(82)61-18-19-74/h8-15,19,26-28,33-38,42-44,72-73,75-79H,4-7,16-18,20-25H2,1-3H3,(H2,56,80)(H,61,82)(H,64,85)(H,65,81)(H,66,86)(H,67,87)(H,68,88)(H,69,90)(H,70,89)(H,71,91)(H4,57,58,62)(H4,59,60,63)/t26-,27-,28-,33+,34+,35?,36+,37+,38+,42+,43+,44+/m1/s1. The maximum atomic E-state index is 15.0. The summed E-state index contributed by atoms with van der Waals surface area (Å²) in [7, 11) is 0. The number of aldehydes is 1. The summed E-state index contributed by atoms with van der Waals surface area (Å²) in [5, 5.41) is 73.7. The predicted octanol–water partition coefficient (Wildman–Crippen LogP) is -9.45. The van der Waals surface area contributed by atoms with E-state index in [0.717, 1.165) is 32.5 Å². The second-order valence-electron chi connectivity index (χ2n) is 21.1. The number of amides is 10. The van der Waals surface area contributed by atoms with E-state index < -0.39 is 174 Å². The molecule has 0 bridgehead atoms. The van der Waals surface area contributed by atoms with Crippen LogP contribution in [0, 0.1) is 0 Å². The summed E-state index contributed by atoms with van der Waals surface area (Å²) in [5.74, 6) is -15.7. The summed E-state index contributed by atoms with van der Waals surface area (Å²) in [6.07, 6.45) is -7.47. The van der Waals surface area contributed by atoms with Crippen LogP contribution in [0.15, 0.2) is 58.5 Å². The molecule has 1 unspecified atom stereocenters. The molecule has 0 saturated carbocycles. The molecule has 3 rings (SSSR count). The van der Waals surface area contributed by atoms with Gasteiger partial charge in [-0.15, -0.1) is 11.8 Å². The number of primary amides is 1. The van der Waals surface area contributed by atoms with E-state index in [-0.39, 0.29) is 80.7 Å². The highest BCUT2D eigenvalue weighted by Gasteiger charge is 2.40. The molecular weight excluding hydrogens is 1230 g/mol. The van der Waals surface area contributed by atoms with Crippen molar-refractivity contribution in [1.29, 1.82) is 0 Å². The number of nitrogens with two attached hydrogens (primary N) is 5. The molecule has 92 heavy (non-hydrogen) atoms. The Hall–Kier alpha value is -9.56. The number of ketones is 2. The number of hydrogen-bond acceptors (Lipinski definition) is 23. The number of nitrogens with zero attached hydrogens (tertiary/aromatic N) is 2. The third-order valence-electron chi connectivity index (χ3n) is 13.4. The fourth-order valence-electron chi connectivity index (χ4n) is 8.61. The summed E-state index contributed by atoms with van der Waals surface area (Å²) in [6.45, 7) is 1.93. The smallest absolute Gasteiger partial charge is 0.245 e. The van der Waals surface area contributed by atoms with E-state index in [9.17, 15) is 83.1 Å². The van der Waals surface area contributed by atoms with Crippen molar-refractivity contribution < 1.29 is 87.9 Å². The predicted molar refractivity (Wildman–Crippen MR) is 329 cm³/mol. The Morgan fingerprint density at radius 2 is 1.10 bits per heavy atom. The van der Waals surface area contributed by atoms with Crippen molar-refractivity contribution >= 4 is 101 Å². The molecule has 12 atom stereocenters. The first-order valence-corrected chi connectivity index (χ1v) is 29.8. The number of carbonyl (C=O) groups is 13. The van der Waals surface area contributed by atoms with Crippen LogP contribution in [-0.4, -0.2) is 225 Å². The van der Waals surface area contributed by atoms with Gasteiger partial charge in [-0.1, -0.05) is 24.3 Å². The lowest BCUT2D eigenvalue weighted by Crippen LogP contribution is -2.63. The summed E-state index contributed by atoms with van der Waals surface area (Å²) in [6, 6.07) is -5.88. The van der Waals surface area contributed by atoms with E-state index in [0.29, 0.717) is 11.8 Å². The zero-order valence-corrected chi connectivity index (χ0v) is 51.4. The molecule has 0 aromatic heterocycles. The maximum absolute atomic E-state index is 15.0. The molecule has 10 amide bonds. The number of nitrogens with one attached hydrogen (secondary N) is 11. The third-order valence-corrected chi connectivity index (χ3v) is 14.5. The van der Waals surface area contributed by atoms with Crippen molar-refractivity contribution in [1.82, 2.24) is 58.7 Å². The Bertz CT molecular complexity index is 2970. The number of aliphatic imine (C=N–C) groups is 2. The molecule has 0 aliphatic carbocycles. The van der Waals surface area contributed by atoms with Crippen molar-refractivity contribution in [2.24, 2.45) is 38.7 Å². The van der Waals surface area contributed by atoms with Crippen LogP contribution in [-0.2, 0) is 75.2 Å². The van der Waals surface area contributed by atoms with Gasteiger partial charge in [0.25, 0.3) is 0 Å². The van der Waals surface area contributed by atoms with E-state index in [2.05, 4.69) is 68.7 Å². The molecule has 1 heterocycles. The second-order valence-corrected chi connectivity index (χ2v) is 22.1. The fraction of sp³-hybridized carbons (Fsp3) is 0.509. The van der Waals surface area contributed by atoms with Gasteiger partial charge in [0.05, 0.1) is 49.6 Å². The Balaban J connectivity index is 2.27. The molecule has 2 aromatic carbocycles. The first-order valence-electron chi connectivity index (χ1n) is 28.7. The topological polar surface area (TPSA) is 610 Å². The Labute approximate surface area is 531 Å². The number of guanidine groups is 2. The van der Waals surface area contributed by atoms with Crippen LogP contribution in [0.5, 0.6) is 11.5 Å².